The molecule has 0 aliphatic carbocycles. The zero-order valence-electron chi connectivity index (χ0n) is 10.8. The molecule has 2 aromatic rings. The molecule has 0 heterocycles. The Bertz CT molecular complexity index is 563. The van der Waals surface area contributed by atoms with E-state index < -0.39 is 0 Å². The molecule has 1 N–H and O–H groups in total. The van der Waals surface area contributed by atoms with Crippen molar-refractivity contribution in [3.8, 4) is 0 Å². The van der Waals surface area contributed by atoms with Gasteiger partial charge in [0.05, 0.1) is 6.42 Å². The molecule has 19 heavy (non-hydrogen) atoms. The molecule has 0 saturated heterocycles. The maximum Gasteiger partial charge on any atom is 0.224 e. The number of hydrogen-bond acceptors (Lipinski definition) is 1. The van der Waals surface area contributed by atoms with Crippen molar-refractivity contribution in [1.82, 2.24) is 5.32 Å². The van der Waals surface area contributed by atoms with Gasteiger partial charge in [-0.25, -0.2) is 4.39 Å². The number of hydrogen-bond donors (Lipinski definition) is 1. The Labute approximate surface area is 112 Å². The first-order chi connectivity index (χ1) is 9.15. The summed E-state index contributed by atoms with van der Waals surface area (Å²) in [6.07, 6.45) is 0.270. The Morgan fingerprint density at radius 1 is 1.11 bits per heavy atom. The molecule has 0 aliphatic heterocycles. The van der Waals surface area contributed by atoms with Crippen molar-refractivity contribution in [2.45, 2.75) is 19.9 Å². The predicted molar refractivity (Wildman–Crippen MR) is 73.1 cm³/mol. The molecule has 0 bridgehead atoms. The lowest BCUT2D eigenvalue weighted by Gasteiger charge is -2.08. The molecule has 1 amide bonds. The molecule has 0 aliphatic rings. The molecule has 0 atom stereocenters. The Morgan fingerprint density at radius 3 is 2.47 bits per heavy atom. The average molecular weight is 257 g/mol. The quantitative estimate of drug-likeness (QED) is 0.896. The van der Waals surface area contributed by atoms with Crippen LogP contribution in [0, 0.1) is 12.7 Å². The lowest BCUT2D eigenvalue weighted by atomic mass is 10.1. The molecule has 2 nitrogen and oxygen atoms in total. The van der Waals surface area contributed by atoms with Crippen LogP contribution in [0.2, 0.25) is 0 Å². The zero-order chi connectivity index (χ0) is 13.7. The first kappa shape index (κ1) is 13.3. The molecule has 0 saturated carbocycles. The molecule has 0 aromatic heterocycles. The van der Waals surface area contributed by atoms with Crippen LogP contribution in [-0.4, -0.2) is 5.91 Å². The van der Waals surface area contributed by atoms with Gasteiger partial charge in [-0.05, 0) is 35.7 Å². The van der Waals surface area contributed by atoms with E-state index in [9.17, 15) is 9.18 Å². The smallest absolute Gasteiger partial charge is 0.224 e. The number of benzene rings is 2. The second-order valence-electron chi connectivity index (χ2n) is 4.51. The lowest BCUT2D eigenvalue weighted by Crippen LogP contribution is -2.24. The maximum atomic E-state index is 12.7. The summed E-state index contributed by atoms with van der Waals surface area (Å²) in [5, 5.41) is 2.87. The van der Waals surface area contributed by atoms with Gasteiger partial charge in [0.2, 0.25) is 5.91 Å². The first-order valence-electron chi connectivity index (χ1n) is 6.21. The highest BCUT2D eigenvalue weighted by Gasteiger charge is 2.04. The van der Waals surface area contributed by atoms with Crippen molar-refractivity contribution >= 4 is 5.91 Å². The number of carbonyl (C=O) groups is 1. The van der Waals surface area contributed by atoms with Gasteiger partial charge in [-0.2, -0.15) is 0 Å². The van der Waals surface area contributed by atoms with Gasteiger partial charge in [-0.1, -0.05) is 36.4 Å². The Balaban J connectivity index is 1.88. The third-order valence-electron chi connectivity index (χ3n) is 3.02. The van der Waals surface area contributed by atoms with Gasteiger partial charge in [0.1, 0.15) is 5.82 Å². The second-order valence-corrected chi connectivity index (χ2v) is 4.51. The third-order valence-corrected chi connectivity index (χ3v) is 3.02. The summed E-state index contributed by atoms with van der Waals surface area (Å²) in [5.74, 6) is -0.348. The molecular formula is C16H16FNO. The van der Waals surface area contributed by atoms with Crippen molar-refractivity contribution in [3.05, 3.63) is 71.0 Å². The zero-order valence-corrected chi connectivity index (χ0v) is 10.8. The Morgan fingerprint density at radius 2 is 1.79 bits per heavy atom. The molecule has 0 unspecified atom stereocenters. The minimum Gasteiger partial charge on any atom is -0.352 e. The van der Waals surface area contributed by atoms with Crippen molar-refractivity contribution in [2.75, 3.05) is 0 Å². The number of aryl methyl sites for hydroxylation is 1. The van der Waals surface area contributed by atoms with Crippen molar-refractivity contribution in [3.63, 3.8) is 0 Å². The summed E-state index contributed by atoms with van der Waals surface area (Å²) in [7, 11) is 0. The minimum absolute atomic E-state index is 0.0603. The normalized spacial score (nSPS) is 10.2. The molecule has 3 heteroatoms. The van der Waals surface area contributed by atoms with Crippen LogP contribution in [0.5, 0.6) is 0 Å². The summed E-state index contributed by atoms with van der Waals surface area (Å²) >= 11 is 0. The second kappa shape index (κ2) is 6.14. The fourth-order valence-corrected chi connectivity index (χ4v) is 1.85. The van der Waals surface area contributed by atoms with Gasteiger partial charge in [0, 0.05) is 6.54 Å². The number of amides is 1. The lowest BCUT2D eigenvalue weighted by molar-refractivity contribution is -0.120. The third kappa shape index (κ3) is 3.91. The topological polar surface area (TPSA) is 29.1 Å². The van der Waals surface area contributed by atoms with E-state index in [1.54, 1.807) is 12.1 Å². The summed E-state index contributed by atoms with van der Waals surface area (Å²) in [5.41, 5.74) is 3.07. The van der Waals surface area contributed by atoms with Crippen molar-refractivity contribution in [2.24, 2.45) is 0 Å². The molecule has 2 aromatic carbocycles. The molecular weight excluding hydrogens is 241 g/mol. The Kier molecular flexibility index (Phi) is 4.29. The van der Waals surface area contributed by atoms with Crippen LogP contribution in [0.25, 0.3) is 0 Å². The van der Waals surface area contributed by atoms with Gasteiger partial charge < -0.3 is 5.32 Å². The van der Waals surface area contributed by atoms with Gasteiger partial charge >= 0.3 is 0 Å². The summed E-state index contributed by atoms with van der Waals surface area (Å²) in [6, 6.07) is 13.9. The van der Waals surface area contributed by atoms with Crippen LogP contribution in [0.1, 0.15) is 16.7 Å². The van der Waals surface area contributed by atoms with Crippen LogP contribution >= 0.6 is 0 Å². The number of halogens is 1. The number of rotatable bonds is 4. The fourth-order valence-electron chi connectivity index (χ4n) is 1.85. The van der Waals surface area contributed by atoms with E-state index in [2.05, 4.69) is 5.32 Å². The molecule has 98 valence electrons. The van der Waals surface area contributed by atoms with Crippen molar-refractivity contribution < 1.29 is 9.18 Å². The largest absolute Gasteiger partial charge is 0.352 e. The highest BCUT2D eigenvalue weighted by atomic mass is 19.1. The molecule has 0 spiro atoms. The van der Waals surface area contributed by atoms with E-state index in [1.165, 1.54) is 12.1 Å². The maximum absolute atomic E-state index is 12.7. The van der Waals surface area contributed by atoms with Crippen LogP contribution in [0.3, 0.4) is 0 Å². The van der Waals surface area contributed by atoms with Crippen LogP contribution < -0.4 is 5.32 Å². The van der Waals surface area contributed by atoms with E-state index in [4.69, 9.17) is 0 Å². The van der Waals surface area contributed by atoms with E-state index >= 15 is 0 Å². The van der Waals surface area contributed by atoms with Gasteiger partial charge in [-0.3, -0.25) is 4.79 Å². The number of carbonyl (C=O) groups excluding carboxylic acids is 1. The molecule has 0 fully saturated rings. The summed E-state index contributed by atoms with van der Waals surface area (Å²) in [4.78, 5) is 11.8. The van der Waals surface area contributed by atoms with Gasteiger partial charge in [-0.15, -0.1) is 0 Å². The molecule has 2 rings (SSSR count). The van der Waals surface area contributed by atoms with Crippen LogP contribution in [-0.2, 0) is 17.8 Å². The van der Waals surface area contributed by atoms with Gasteiger partial charge in [0.15, 0.2) is 0 Å². The number of nitrogens with one attached hydrogen (secondary N) is 1. The van der Waals surface area contributed by atoms with Crippen molar-refractivity contribution in [1.29, 1.82) is 0 Å². The first-order valence-corrected chi connectivity index (χ1v) is 6.21. The van der Waals surface area contributed by atoms with E-state index in [1.807, 2.05) is 31.2 Å². The summed E-state index contributed by atoms with van der Waals surface area (Å²) in [6.45, 7) is 2.54. The SMILES string of the molecule is Cc1ccccc1CNC(=O)Cc1ccc(F)cc1. The van der Waals surface area contributed by atoms with Gasteiger partial charge in [0.25, 0.3) is 0 Å². The fraction of sp³-hybridized carbons (Fsp3) is 0.188. The van der Waals surface area contributed by atoms with E-state index in [-0.39, 0.29) is 18.1 Å². The molecule has 0 radical (unpaired) electrons. The monoisotopic (exact) mass is 257 g/mol. The highest BCUT2D eigenvalue weighted by Crippen LogP contribution is 2.07. The minimum atomic E-state index is -0.288. The van der Waals surface area contributed by atoms with Crippen LogP contribution in [0.4, 0.5) is 4.39 Å². The predicted octanol–water partition coefficient (Wildman–Crippen LogP) is 2.99. The standard InChI is InChI=1S/C16H16FNO/c1-12-4-2-3-5-14(12)11-18-16(19)10-13-6-8-15(17)9-7-13/h2-9H,10-11H2,1H3,(H,18,19). The highest BCUT2D eigenvalue weighted by molar-refractivity contribution is 5.78. The Hall–Kier alpha value is -2.16. The van der Waals surface area contributed by atoms with E-state index in [0.717, 1.165) is 16.7 Å². The van der Waals surface area contributed by atoms with Crippen LogP contribution in [0.15, 0.2) is 48.5 Å². The van der Waals surface area contributed by atoms with E-state index in [0.29, 0.717) is 6.54 Å². The summed E-state index contributed by atoms with van der Waals surface area (Å²) < 4.78 is 12.7. The average Bonchev–Trinajstić information content (AvgIpc) is 2.40.